The van der Waals surface area contributed by atoms with Crippen molar-refractivity contribution in [3.05, 3.63) is 53.9 Å². The lowest BCUT2D eigenvalue weighted by Gasteiger charge is -2.06. The van der Waals surface area contributed by atoms with E-state index in [0.717, 1.165) is 22.9 Å². The number of carbonyl (C=O) groups is 1. The summed E-state index contributed by atoms with van der Waals surface area (Å²) in [5.74, 6) is 0.173. The number of fused-ring (bicyclic) bond motifs is 1. The Labute approximate surface area is 133 Å². The van der Waals surface area contributed by atoms with Gasteiger partial charge >= 0.3 is 0 Å². The van der Waals surface area contributed by atoms with Gasteiger partial charge in [-0.05, 0) is 35.6 Å². The van der Waals surface area contributed by atoms with E-state index in [0.29, 0.717) is 19.0 Å². The number of aromatic nitrogens is 3. The highest BCUT2D eigenvalue weighted by Crippen LogP contribution is 2.14. The second-order valence-electron chi connectivity index (χ2n) is 5.19. The lowest BCUT2D eigenvalue weighted by Crippen LogP contribution is -2.24. The lowest BCUT2D eigenvalue weighted by atomic mass is 10.1. The fourth-order valence-corrected chi connectivity index (χ4v) is 2.20. The SMILES string of the molecule is CCCOc1ccc(C(=O)NCc2ccc3cc[nH]c3c2)nn1. The summed E-state index contributed by atoms with van der Waals surface area (Å²) in [6.45, 7) is 3.03. The predicted octanol–water partition coefficient (Wildman–Crippen LogP) is 2.68. The van der Waals surface area contributed by atoms with Crippen molar-refractivity contribution in [2.24, 2.45) is 0 Å². The van der Waals surface area contributed by atoms with Crippen LogP contribution < -0.4 is 10.1 Å². The molecule has 23 heavy (non-hydrogen) atoms. The third kappa shape index (κ3) is 3.66. The van der Waals surface area contributed by atoms with Gasteiger partial charge in [0.25, 0.3) is 5.91 Å². The Morgan fingerprint density at radius 1 is 1.22 bits per heavy atom. The predicted molar refractivity (Wildman–Crippen MR) is 87.3 cm³/mol. The summed E-state index contributed by atoms with van der Waals surface area (Å²) in [4.78, 5) is 15.2. The Kier molecular flexibility index (Phi) is 4.52. The van der Waals surface area contributed by atoms with Crippen LogP contribution in [0.2, 0.25) is 0 Å². The summed E-state index contributed by atoms with van der Waals surface area (Å²) >= 11 is 0. The van der Waals surface area contributed by atoms with Gasteiger partial charge in [0.2, 0.25) is 5.88 Å². The first kappa shape index (κ1) is 15.0. The maximum absolute atomic E-state index is 12.1. The van der Waals surface area contributed by atoms with Crippen molar-refractivity contribution < 1.29 is 9.53 Å². The first-order valence-corrected chi connectivity index (χ1v) is 7.57. The molecule has 2 N–H and O–H groups in total. The van der Waals surface area contributed by atoms with E-state index in [-0.39, 0.29) is 11.6 Å². The molecule has 0 fully saturated rings. The lowest BCUT2D eigenvalue weighted by molar-refractivity contribution is 0.0944. The molecule has 2 aromatic heterocycles. The molecule has 0 atom stereocenters. The quantitative estimate of drug-likeness (QED) is 0.733. The number of nitrogens with one attached hydrogen (secondary N) is 2. The number of H-pyrrole nitrogens is 1. The van der Waals surface area contributed by atoms with Crippen molar-refractivity contribution in [3.8, 4) is 5.88 Å². The Morgan fingerprint density at radius 2 is 2.13 bits per heavy atom. The van der Waals surface area contributed by atoms with Crippen LogP contribution in [0.25, 0.3) is 10.9 Å². The number of benzene rings is 1. The number of hydrogen-bond acceptors (Lipinski definition) is 4. The van der Waals surface area contributed by atoms with E-state index in [1.807, 2.05) is 37.4 Å². The molecule has 0 aliphatic heterocycles. The summed E-state index contributed by atoms with van der Waals surface area (Å²) in [5.41, 5.74) is 2.34. The molecule has 0 saturated heterocycles. The Balaban J connectivity index is 1.60. The summed E-state index contributed by atoms with van der Waals surface area (Å²) < 4.78 is 5.34. The van der Waals surface area contributed by atoms with Crippen LogP contribution in [-0.2, 0) is 6.54 Å². The van der Waals surface area contributed by atoms with Gasteiger partial charge in [0, 0.05) is 24.3 Å². The van der Waals surface area contributed by atoms with Gasteiger partial charge in [0.1, 0.15) is 0 Å². The third-order valence-electron chi connectivity index (χ3n) is 3.40. The van der Waals surface area contributed by atoms with Gasteiger partial charge in [-0.25, -0.2) is 0 Å². The first-order chi connectivity index (χ1) is 11.3. The molecular formula is C17H18N4O2. The van der Waals surface area contributed by atoms with Crippen LogP contribution in [-0.4, -0.2) is 27.7 Å². The molecule has 2 heterocycles. The van der Waals surface area contributed by atoms with Crippen LogP contribution in [0.15, 0.2) is 42.6 Å². The van der Waals surface area contributed by atoms with Crippen molar-refractivity contribution in [1.29, 1.82) is 0 Å². The average Bonchev–Trinajstić information content (AvgIpc) is 3.06. The highest BCUT2D eigenvalue weighted by molar-refractivity contribution is 5.92. The molecule has 0 spiro atoms. The van der Waals surface area contributed by atoms with Crippen LogP contribution in [0.1, 0.15) is 29.4 Å². The summed E-state index contributed by atoms with van der Waals surface area (Å²) in [7, 11) is 0. The number of hydrogen-bond donors (Lipinski definition) is 2. The van der Waals surface area contributed by atoms with E-state index < -0.39 is 0 Å². The molecule has 6 nitrogen and oxygen atoms in total. The van der Waals surface area contributed by atoms with E-state index in [2.05, 4.69) is 20.5 Å². The van der Waals surface area contributed by atoms with Gasteiger partial charge < -0.3 is 15.0 Å². The highest BCUT2D eigenvalue weighted by atomic mass is 16.5. The Bertz CT molecular complexity index is 796. The summed E-state index contributed by atoms with van der Waals surface area (Å²) in [6, 6.07) is 11.3. The molecule has 0 aliphatic rings. The molecule has 0 unspecified atom stereocenters. The number of nitrogens with zero attached hydrogens (tertiary/aromatic N) is 2. The molecule has 1 amide bonds. The van der Waals surface area contributed by atoms with Crippen LogP contribution in [0.5, 0.6) is 5.88 Å². The van der Waals surface area contributed by atoms with Crippen molar-refractivity contribution >= 4 is 16.8 Å². The molecule has 118 valence electrons. The first-order valence-electron chi connectivity index (χ1n) is 7.57. The fraction of sp³-hybridized carbons (Fsp3) is 0.235. The monoisotopic (exact) mass is 310 g/mol. The van der Waals surface area contributed by atoms with Gasteiger partial charge in [-0.2, -0.15) is 0 Å². The zero-order chi connectivity index (χ0) is 16.1. The van der Waals surface area contributed by atoms with E-state index in [1.165, 1.54) is 0 Å². The van der Waals surface area contributed by atoms with Crippen LogP contribution in [0.4, 0.5) is 0 Å². The largest absolute Gasteiger partial charge is 0.477 e. The van der Waals surface area contributed by atoms with Crippen LogP contribution >= 0.6 is 0 Å². The second-order valence-corrected chi connectivity index (χ2v) is 5.19. The van der Waals surface area contributed by atoms with E-state index in [4.69, 9.17) is 4.74 Å². The number of ether oxygens (including phenoxy) is 1. The van der Waals surface area contributed by atoms with Gasteiger partial charge in [0.05, 0.1) is 6.61 Å². The second kappa shape index (κ2) is 6.91. The third-order valence-corrected chi connectivity index (χ3v) is 3.40. The van der Waals surface area contributed by atoms with Crippen LogP contribution in [0.3, 0.4) is 0 Å². The van der Waals surface area contributed by atoms with Crippen molar-refractivity contribution in [2.45, 2.75) is 19.9 Å². The van der Waals surface area contributed by atoms with Gasteiger partial charge in [-0.3, -0.25) is 4.79 Å². The number of amides is 1. The molecule has 0 bridgehead atoms. The summed E-state index contributed by atoms with van der Waals surface area (Å²) in [5, 5.41) is 11.8. The Hall–Kier alpha value is -2.89. The van der Waals surface area contributed by atoms with Crippen molar-refractivity contribution in [2.75, 3.05) is 6.61 Å². The summed E-state index contributed by atoms with van der Waals surface area (Å²) in [6.07, 6.45) is 2.79. The van der Waals surface area contributed by atoms with Gasteiger partial charge in [0.15, 0.2) is 5.69 Å². The smallest absolute Gasteiger partial charge is 0.272 e. The zero-order valence-electron chi connectivity index (χ0n) is 12.9. The molecule has 0 radical (unpaired) electrons. The zero-order valence-corrected chi connectivity index (χ0v) is 12.9. The number of carbonyl (C=O) groups excluding carboxylic acids is 1. The van der Waals surface area contributed by atoms with E-state index >= 15 is 0 Å². The van der Waals surface area contributed by atoms with Gasteiger partial charge in [-0.15, -0.1) is 10.2 Å². The molecule has 1 aromatic carbocycles. The topological polar surface area (TPSA) is 79.9 Å². The maximum atomic E-state index is 12.1. The van der Waals surface area contributed by atoms with E-state index in [9.17, 15) is 4.79 Å². The minimum absolute atomic E-state index is 0.258. The molecule has 0 aliphatic carbocycles. The normalized spacial score (nSPS) is 10.7. The van der Waals surface area contributed by atoms with Gasteiger partial charge in [-0.1, -0.05) is 19.1 Å². The van der Waals surface area contributed by atoms with Crippen LogP contribution in [0, 0.1) is 0 Å². The maximum Gasteiger partial charge on any atom is 0.272 e. The minimum atomic E-state index is -0.258. The molecule has 6 heteroatoms. The number of rotatable bonds is 6. The molecular weight excluding hydrogens is 292 g/mol. The molecule has 3 aromatic rings. The Morgan fingerprint density at radius 3 is 2.91 bits per heavy atom. The fourth-order valence-electron chi connectivity index (χ4n) is 2.20. The standard InChI is InChI=1S/C17H18N4O2/c1-2-9-23-16-6-5-14(20-21-16)17(22)19-11-12-3-4-13-7-8-18-15(13)10-12/h3-8,10,18H,2,9,11H2,1H3,(H,19,22). The average molecular weight is 310 g/mol. The van der Waals surface area contributed by atoms with E-state index in [1.54, 1.807) is 12.1 Å². The minimum Gasteiger partial charge on any atom is -0.477 e. The highest BCUT2D eigenvalue weighted by Gasteiger charge is 2.08. The molecule has 3 rings (SSSR count). The molecule has 0 saturated carbocycles. The van der Waals surface area contributed by atoms with Crippen molar-refractivity contribution in [3.63, 3.8) is 0 Å². The number of aromatic amines is 1. The van der Waals surface area contributed by atoms with Crippen molar-refractivity contribution in [1.82, 2.24) is 20.5 Å².